The summed E-state index contributed by atoms with van der Waals surface area (Å²) in [6.45, 7) is 6.25. The Hall–Kier alpha value is -3.92. The number of amides is 1. The van der Waals surface area contributed by atoms with Crippen molar-refractivity contribution in [1.29, 1.82) is 0 Å². The van der Waals surface area contributed by atoms with Crippen LogP contribution in [-0.4, -0.2) is 56.9 Å². The number of benzene rings is 2. The number of carbonyl (C=O) groups excluding carboxylic acids is 1. The number of pyridine rings is 1. The van der Waals surface area contributed by atoms with Gasteiger partial charge in [-0.25, -0.2) is 19.9 Å². The van der Waals surface area contributed by atoms with E-state index < -0.39 is 0 Å². The van der Waals surface area contributed by atoms with Gasteiger partial charge in [-0.1, -0.05) is 60.7 Å². The van der Waals surface area contributed by atoms with E-state index in [9.17, 15) is 4.79 Å². The molecule has 0 radical (unpaired) electrons. The molecule has 3 aromatic heterocycles. The molecule has 41 heavy (non-hydrogen) atoms. The molecule has 10 heteroatoms. The number of hydrogen-bond donors (Lipinski definition) is 2. The van der Waals surface area contributed by atoms with E-state index in [4.69, 9.17) is 9.97 Å². The Balaban J connectivity index is 0.00000337. The van der Waals surface area contributed by atoms with Gasteiger partial charge in [0.25, 0.3) is 5.91 Å². The highest BCUT2D eigenvalue weighted by molar-refractivity contribution is 7.21. The molecule has 2 aromatic carbocycles. The maximum atomic E-state index is 13.6. The van der Waals surface area contributed by atoms with Crippen LogP contribution in [0.25, 0.3) is 32.3 Å². The largest absolute Gasteiger partial charge is 0.369 e. The Morgan fingerprint density at radius 3 is 2.56 bits per heavy atom. The van der Waals surface area contributed by atoms with E-state index in [1.165, 1.54) is 24.2 Å². The number of piperidine rings is 1. The van der Waals surface area contributed by atoms with Gasteiger partial charge in [-0.2, -0.15) is 0 Å². The fraction of sp³-hybridized carbons (Fsp3) is 0.258. The average molecular weight is 586 g/mol. The van der Waals surface area contributed by atoms with Crippen LogP contribution < -0.4 is 10.6 Å². The quantitative estimate of drug-likeness (QED) is 0.211. The molecule has 0 saturated carbocycles. The molecule has 2 N–H and O–H groups in total. The number of likely N-dealkylation sites (tertiary alicyclic amines) is 1. The molecule has 6 rings (SSSR count). The molecule has 8 nitrogen and oxygen atoms in total. The Kier molecular flexibility index (Phi) is 9.18. The first-order valence-electron chi connectivity index (χ1n) is 13.7. The SMILES string of the molecule is CC1CCN(CCNc2cc(C(=O)Nc3ccccc3-c3nc4cccnc4s3)nc(-c3ccccc3)n2)CC1.Cl. The second kappa shape index (κ2) is 13.2. The van der Waals surface area contributed by atoms with Gasteiger partial charge in [0, 0.05) is 36.5 Å². The van der Waals surface area contributed by atoms with Crippen molar-refractivity contribution in [3.8, 4) is 22.0 Å². The van der Waals surface area contributed by atoms with Crippen LogP contribution in [0.3, 0.4) is 0 Å². The van der Waals surface area contributed by atoms with Gasteiger partial charge in [0.2, 0.25) is 0 Å². The second-order valence-corrected chi connectivity index (χ2v) is 11.1. The van der Waals surface area contributed by atoms with Crippen molar-refractivity contribution in [2.75, 3.05) is 36.8 Å². The summed E-state index contributed by atoms with van der Waals surface area (Å²) >= 11 is 1.50. The van der Waals surface area contributed by atoms with E-state index in [2.05, 4.69) is 32.4 Å². The van der Waals surface area contributed by atoms with Gasteiger partial charge >= 0.3 is 0 Å². The van der Waals surface area contributed by atoms with Crippen molar-refractivity contribution in [2.24, 2.45) is 5.92 Å². The van der Waals surface area contributed by atoms with Crippen molar-refractivity contribution in [2.45, 2.75) is 19.8 Å². The normalized spacial score (nSPS) is 14.0. The summed E-state index contributed by atoms with van der Waals surface area (Å²) in [5, 5.41) is 7.30. The van der Waals surface area contributed by atoms with E-state index in [0.717, 1.165) is 58.6 Å². The lowest BCUT2D eigenvalue weighted by atomic mass is 9.99. The monoisotopic (exact) mass is 585 g/mol. The lowest BCUT2D eigenvalue weighted by Crippen LogP contribution is -2.36. The highest BCUT2D eigenvalue weighted by atomic mass is 35.5. The van der Waals surface area contributed by atoms with Crippen molar-refractivity contribution < 1.29 is 4.79 Å². The summed E-state index contributed by atoms with van der Waals surface area (Å²) in [6, 6.07) is 22.9. The zero-order valence-electron chi connectivity index (χ0n) is 22.8. The van der Waals surface area contributed by atoms with Crippen molar-refractivity contribution >= 4 is 51.5 Å². The van der Waals surface area contributed by atoms with Gasteiger partial charge in [0.05, 0.1) is 5.69 Å². The lowest BCUT2D eigenvalue weighted by Gasteiger charge is -2.30. The minimum atomic E-state index is -0.306. The molecule has 1 fully saturated rings. The first kappa shape index (κ1) is 28.6. The standard InChI is InChI=1S/C31H31N7OS.ClH/c1-21-13-17-38(18-14-21)19-16-32-27-20-26(34-28(37-27)22-8-3-2-4-9-22)29(39)35-24-11-6-5-10-23(24)30-36-25-12-7-15-33-31(25)40-30;/h2-12,15,20-21H,13-14,16-19H2,1H3,(H,35,39)(H,32,34,37);1H. The number of aromatic nitrogens is 4. The van der Waals surface area contributed by atoms with E-state index in [1.807, 2.05) is 66.7 Å². The van der Waals surface area contributed by atoms with Crippen LogP contribution in [0.15, 0.2) is 79.0 Å². The van der Waals surface area contributed by atoms with E-state index >= 15 is 0 Å². The third-order valence-corrected chi connectivity index (χ3v) is 8.19. The molecular formula is C31H32ClN7OS. The fourth-order valence-electron chi connectivity index (χ4n) is 4.85. The number of para-hydroxylation sites is 1. The Morgan fingerprint density at radius 2 is 1.76 bits per heavy atom. The number of thiazole rings is 1. The van der Waals surface area contributed by atoms with Gasteiger partial charge in [-0.3, -0.25) is 4.79 Å². The Labute approximate surface area is 249 Å². The highest BCUT2D eigenvalue weighted by Crippen LogP contribution is 2.34. The summed E-state index contributed by atoms with van der Waals surface area (Å²) in [5.41, 5.74) is 3.49. The molecule has 1 saturated heterocycles. The maximum absolute atomic E-state index is 13.6. The number of nitrogens with one attached hydrogen (secondary N) is 2. The van der Waals surface area contributed by atoms with Gasteiger partial charge in [-0.05, 0) is 56.1 Å². The van der Waals surface area contributed by atoms with Crippen LogP contribution in [0, 0.1) is 5.92 Å². The van der Waals surface area contributed by atoms with Crippen molar-refractivity contribution in [3.05, 3.63) is 84.7 Å². The predicted octanol–water partition coefficient (Wildman–Crippen LogP) is 6.63. The number of halogens is 1. The van der Waals surface area contributed by atoms with Crippen LogP contribution in [0.2, 0.25) is 0 Å². The summed E-state index contributed by atoms with van der Waals surface area (Å²) in [5.74, 6) is 1.64. The molecule has 1 aliphatic heterocycles. The van der Waals surface area contributed by atoms with E-state index in [-0.39, 0.29) is 18.3 Å². The third-order valence-electron chi connectivity index (χ3n) is 7.17. The smallest absolute Gasteiger partial charge is 0.274 e. The molecule has 0 atom stereocenters. The van der Waals surface area contributed by atoms with Crippen molar-refractivity contribution in [3.63, 3.8) is 0 Å². The minimum Gasteiger partial charge on any atom is -0.369 e. The number of nitrogens with zero attached hydrogens (tertiary/aromatic N) is 5. The first-order chi connectivity index (χ1) is 19.6. The molecule has 1 aliphatic rings. The highest BCUT2D eigenvalue weighted by Gasteiger charge is 2.18. The molecular weight excluding hydrogens is 554 g/mol. The molecule has 210 valence electrons. The molecule has 0 spiro atoms. The molecule has 0 unspecified atom stereocenters. The van der Waals surface area contributed by atoms with Crippen LogP contribution in [0.5, 0.6) is 0 Å². The topological polar surface area (TPSA) is 95.9 Å². The third kappa shape index (κ3) is 6.87. The van der Waals surface area contributed by atoms with E-state index in [0.29, 0.717) is 23.0 Å². The number of rotatable bonds is 8. The summed E-state index contributed by atoms with van der Waals surface area (Å²) in [7, 11) is 0. The van der Waals surface area contributed by atoms with Gasteiger partial charge in [0.1, 0.15) is 26.9 Å². The average Bonchev–Trinajstić information content (AvgIpc) is 3.43. The van der Waals surface area contributed by atoms with Crippen LogP contribution >= 0.6 is 23.7 Å². The fourth-order valence-corrected chi connectivity index (χ4v) is 5.80. The van der Waals surface area contributed by atoms with Crippen LogP contribution in [0.1, 0.15) is 30.3 Å². The summed E-state index contributed by atoms with van der Waals surface area (Å²) in [4.78, 5) is 35.5. The maximum Gasteiger partial charge on any atom is 0.274 e. The van der Waals surface area contributed by atoms with Crippen molar-refractivity contribution in [1.82, 2.24) is 24.8 Å². The number of hydrogen-bond acceptors (Lipinski definition) is 8. The number of anilines is 2. The first-order valence-corrected chi connectivity index (χ1v) is 14.5. The zero-order valence-corrected chi connectivity index (χ0v) is 24.4. The van der Waals surface area contributed by atoms with Gasteiger partial charge in [0.15, 0.2) is 5.82 Å². The van der Waals surface area contributed by atoms with E-state index in [1.54, 1.807) is 12.3 Å². The Bertz CT molecular complexity index is 1590. The minimum absolute atomic E-state index is 0. The predicted molar refractivity (Wildman–Crippen MR) is 169 cm³/mol. The Morgan fingerprint density at radius 1 is 0.976 bits per heavy atom. The van der Waals surface area contributed by atoms with Gasteiger partial charge in [-0.15, -0.1) is 12.4 Å². The van der Waals surface area contributed by atoms with Crippen LogP contribution in [0.4, 0.5) is 11.5 Å². The number of fused-ring (bicyclic) bond motifs is 1. The zero-order chi connectivity index (χ0) is 27.3. The van der Waals surface area contributed by atoms with Gasteiger partial charge < -0.3 is 15.5 Å². The summed E-state index contributed by atoms with van der Waals surface area (Å²) < 4.78 is 0. The molecule has 0 bridgehead atoms. The summed E-state index contributed by atoms with van der Waals surface area (Å²) in [6.07, 6.45) is 4.24. The lowest BCUT2D eigenvalue weighted by molar-refractivity contribution is 0.102. The number of carbonyl (C=O) groups is 1. The van der Waals surface area contributed by atoms with Crippen LogP contribution in [-0.2, 0) is 0 Å². The second-order valence-electron chi connectivity index (χ2n) is 10.1. The molecule has 4 heterocycles. The molecule has 0 aliphatic carbocycles. The molecule has 1 amide bonds. The molecule has 5 aromatic rings.